The van der Waals surface area contributed by atoms with Gasteiger partial charge in [0.15, 0.2) is 6.04 Å². The van der Waals surface area contributed by atoms with E-state index >= 15 is 0 Å². The number of nitrogens with zero attached hydrogens (tertiary/aromatic N) is 2. The van der Waals surface area contributed by atoms with Gasteiger partial charge in [-0.25, -0.2) is 8.78 Å². The zero-order valence-corrected chi connectivity index (χ0v) is 7.65. The minimum Gasteiger partial charge on any atom is -0.285 e. The first kappa shape index (κ1) is 12.6. The quantitative estimate of drug-likeness (QED) is 0.531. The van der Waals surface area contributed by atoms with Crippen molar-refractivity contribution in [1.82, 2.24) is 10.0 Å². The molecule has 0 aliphatic carbocycles. The molecule has 1 aliphatic rings. The highest BCUT2D eigenvalue weighted by Gasteiger charge is 2.50. The van der Waals surface area contributed by atoms with E-state index in [1.165, 1.54) is 0 Å². The molecule has 1 heterocycles. The first-order valence-corrected chi connectivity index (χ1v) is 4.32. The predicted octanol–water partition coefficient (Wildman–Crippen LogP) is 1.68. The van der Waals surface area contributed by atoms with E-state index in [0.717, 1.165) is 0 Å². The molecule has 0 radical (unpaired) electrons. The van der Waals surface area contributed by atoms with Crippen molar-refractivity contribution >= 4 is 0 Å². The van der Waals surface area contributed by atoms with Crippen LogP contribution in [0.15, 0.2) is 0 Å². The molecule has 0 aromatic carbocycles. The smallest absolute Gasteiger partial charge is 0.285 e. The van der Waals surface area contributed by atoms with Crippen LogP contribution in [0.25, 0.3) is 0 Å². The largest absolute Gasteiger partial charge is 0.409 e. The van der Waals surface area contributed by atoms with Gasteiger partial charge in [0, 0.05) is 26.2 Å². The van der Waals surface area contributed by atoms with Gasteiger partial charge in [-0.2, -0.15) is 13.2 Å². The van der Waals surface area contributed by atoms with Gasteiger partial charge in [-0.15, -0.1) is 9.60 Å². The summed E-state index contributed by atoms with van der Waals surface area (Å²) in [5, 5.41) is 0.315. The predicted molar refractivity (Wildman–Crippen MR) is 40.1 cm³/mol. The summed E-state index contributed by atoms with van der Waals surface area (Å²) in [7, 11) is 0. The number of rotatable bonds is 2. The number of hydrogen-bond donors (Lipinski definition) is 0. The number of hydrogen-bond acceptors (Lipinski definition) is 2. The Morgan fingerprint density at radius 1 is 0.933 bits per heavy atom. The van der Waals surface area contributed by atoms with E-state index in [-0.39, 0.29) is 26.2 Å². The van der Waals surface area contributed by atoms with Crippen LogP contribution >= 0.6 is 0 Å². The van der Waals surface area contributed by atoms with E-state index < -0.39 is 18.6 Å². The van der Waals surface area contributed by atoms with Crippen molar-refractivity contribution in [1.29, 1.82) is 0 Å². The summed E-state index contributed by atoms with van der Waals surface area (Å²) in [6.45, 7) is -1.24. The van der Waals surface area contributed by atoms with E-state index in [0.29, 0.717) is 10.0 Å². The second kappa shape index (κ2) is 4.56. The molecule has 15 heavy (non-hydrogen) atoms. The fraction of sp³-hybridized carbons (Fsp3) is 1.00. The lowest BCUT2D eigenvalue weighted by Gasteiger charge is -2.36. The highest BCUT2D eigenvalue weighted by Crippen LogP contribution is 2.30. The molecule has 1 atom stereocenters. The molecule has 0 N–H and O–H groups in total. The second-order valence-electron chi connectivity index (χ2n) is 3.27. The molecule has 0 amide bonds. The van der Waals surface area contributed by atoms with Crippen LogP contribution in [0.1, 0.15) is 0 Å². The topological polar surface area (TPSA) is 6.48 Å². The van der Waals surface area contributed by atoms with Gasteiger partial charge in [-0.05, 0) is 0 Å². The summed E-state index contributed by atoms with van der Waals surface area (Å²) in [5.74, 6) is 0. The molecule has 0 bridgehead atoms. The second-order valence-corrected chi connectivity index (χ2v) is 3.27. The van der Waals surface area contributed by atoms with Gasteiger partial charge in [0.1, 0.15) is 0 Å². The minimum atomic E-state index is -4.98. The Bertz CT molecular complexity index is 198. The first-order chi connectivity index (χ1) is 6.82. The van der Waals surface area contributed by atoms with Crippen molar-refractivity contribution in [3.8, 4) is 0 Å². The molecular formula is C7H10F6N2. The molecule has 2 nitrogen and oxygen atoms in total. The Labute approximate surface area is 82.4 Å². The van der Waals surface area contributed by atoms with Crippen LogP contribution in [0.2, 0.25) is 0 Å². The van der Waals surface area contributed by atoms with Crippen LogP contribution in [0.3, 0.4) is 0 Å². The van der Waals surface area contributed by atoms with Crippen molar-refractivity contribution < 1.29 is 26.4 Å². The minimum absolute atomic E-state index is 0.278. The maximum atomic E-state index is 12.5. The summed E-state index contributed by atoms with van der Waals surface area (Å²) < 4.78 is 73.5. The summed E-state index contributed by atoms with van der Waals surface area (Å²) in [4.78, 5) is 0.570. The molecule has 1 unspecified atom stereocenters. The molecule has 8 heteroatoms. The van der Waals surface area contributed by atoms with E-state index in [2.05, 4.69) is 0 Å². The van der Waals surface area contributed by atoms with Gasteiger partial charge in [-0.3, -0.25) is 4.90 Å². The van der Waals surface area contributed by atoms with E-state index in [9.17, 15) is 26.4 Å². The molecule has 0 spiro atoms. The summed E-state index contributed by atoms with van der Waals surface area (Å²) in [6, 6.07) is -2.79. The molecule has 1 aliphatic heterocycles. The lowest BCUT2D eigenvalue weighted by atomic mass is 10.2. The third kappa shape index (κ3) is 3.23. The van der Waals surface area contributed by atoms with Crippen molar-refractivity contribution in [2.24, 2.45) is 0 Å². The van der Waals surface area contributed by atoms with Crippen LogP contribution in [-0.4, -0.2) is 54.8 Å². The fourth-order valence-corrected chi connectivity index (χ4v) is 1.48. The van der Waals surface area contributed by atoms with Crippen LogP contribution in [0.5, 0.6) is 0 Å². The monoisotopic (exact) mass is 236 g/mol. The Kier molecular flexibility index (Phi) is 3.82. The lowest BCUT2D eigenvalue weighted by molar-refractivity contribution is -0.222. The van der Waals surface area contributed by atoms with Gasteiger partial charge < -0.3 is 0 Å². The van der Waals surface area contributed by atoms with E-state index in [1.807, 2.05) is 0 Å². The van der Waals surface area contributed by atoms with Crippen molar-refractivity contribution in [2.45, 2.75) is 18.6 Å². The Morgan fingerprint density at radius 2 is 1.40 bits per heavy atom. The Hall–Kier alpha value is -0.500. The normalized spacial score (nSPS) is 23.4. The molecule has 90 valence electrons. The van der Waals surface area contributed by atoms with Gasteiger partial charge in [0.2, 0.25) is 0 Å². The summed E-state index contributed by atoms with van der Waals surface area (Å²) >= 11 is 0. The summed E-state index contributed by atoms with van der Waals surface area (Å²) in [6.07, 6.45) is -8.48. The molecule has 1 fully saturated rings. The highest BCUT2D eigenvalue weighted by atomic mass is 19.4. The maximum absolute atomic E-state index is 12.5. The van der Waals surface area contributed by atoms with Crippen molar-refractivity contribution in [3.63, 3.8) is 0 Å². The van der Waals surface area contributed by atoms with Crippen LogP contribution < -0.4 is 0 Å². The fourth-order valence-electron chi connectivity index (χ4n) is 1.48. The Morgan fingerprint density at radius 3 is 1.73 bits per heavy atom. The molecule has 0 saturated carbocycles. The molecule has 0 aromatic heterocycles. The number of halogens is 6. The van der Waals surface area contributed by atoms with E-state index in [1.54, 1.807) is 0 Å². The van der Waals surface area contributed by atoms with Crippen molar-refractivity contribution in [2.75, 3.05) is 26.2 Å². The first-order valence-electron chi connectivity index (χ1n) is 4.32. The lowest BCUT2D eigenvalue weighted by Crippen LogP contribution is -2.56. The average molecular weight is 236 g/mol. The van der Waals surface area contributed by atoms with Crippen molar-refractivity contribution in [3.05, 3.63) is 0 Å². The molecule has 0 aromatic rings. The number of piperazine rings is 1. The highest BCUT2D eigenvalue weighted by molar-refractivity contribution is 4.83. The Balaban J connectivity index is 2.65. The van der Waals surface area contributed by atoms with Gasteiger partial charge in [0.25, 0.3) is 6.43 Å². The molecular weight excluding hydrogens is 226 g/mol. The standard InChI is InChI=1S/C7H10F6N2/c8-6(9)5(7(10,11)12)14-1-3-15(13)4-2-14/h5-6H,1-4H2. The van der Waals surface area contributed by atoms with Crippen LogP contribution in [0.4, 0.5) is 26.4 Å². The van der Waals surface area contributed by atoms with E-state index in [4.69, 9.17) is 0 Å². The zero-order valence-electron chi connectivity index (χ0n) is 7.65. The summed E-state index contributed by atoms with van der Waals surface area (Å²) in [5.41, 5.74) is 0. The third-order valence-corrected chi connectivity index (χ3v) is 2.23. The van der Waals surface area contributed by atoms with Gasteiger partial charge in [-0.1, -0.05) is 0 Å². The van der Waals surface area contributed by atoms with Crippen LogP contribution in [-0.2, 0) is 0 Å². The maximum Gasteiger partial charge on any atom is 0.409 e. The van der Waals surface area contributed by atoms with Crippen LogP contribution in [0, 0.1) is 0 Å². The average Bonchev–Trinajstić information content (AvgIpc) is 2.05. The SMILES string of the molecule is FC(F)C(N1CCN(F)CC1)C(F)(F)F. The van der Waals surface area contributed by atoms with Gasteiger partial charge >= 0.3 is 6.18 Å². The third-order valence-electron chi connectivity index (χ3n) is 2.23. The van der Waals surface area contributed by atoms with Gasteiger partial charge in [0.05, 0.1) is 0 Å². The molecule has 1 saturated heterocycles. The zero-order chi connectivity index (χ0) is 11.6. The number of alkyl halides is 5. The molecule has 1 rings (SSSR count).